The summed E-state index contributed by atoms with van der Waals surface area (Å²) in [5.74, 6) is -0.841. The van der Waals surface area contributed by atoms with Gasteiger partial charge >= 0.3 is 5.97 Å². The smallest absolute Gasteiger partial charge is 0.335 e. The van der Waals surface area contributed by atoms with Crippen molar-refractivity contribution in [2.45, 2.75) is 46.1 Å². The van der Waals surface area contributed by atoms with E-state index in [1.165, 1.54) is 0 Å². The molecule has 1 unspecified atom stereocenters. The van der Waals surface area contributed by atoms with Gasteiger partial charge in [0.15, 0.2) is 0 Å². The van der Waals surface area contributed by atoms with Gasteiger partial charge in [-0.25, -0.2) is 4.79 Å². The van der Waals surface area contributed by atoms with Crippen molar-refractivity contribution < 1.29 is 14.7 Å². The zero-order chi connectivity index (χ0) is 15.0. The summed E-state index contributed by atoms with van der Waals surface area (Å²) in [5.41, 5.74) is 1.05. The van der Waals surface area contributed by atoms with Crippen LogP contribution in [0.25, 0.3) is 0 Å². The maximum absolute atomic E-state index is 12.0. The molecule has 4 nitrogen and oxygen atoms in total. The summed E-state index contributed by atoms with van der Waals surface area (Å²) in [6, 6.07) is 6.65. The third-order valence-electron chi connectivity index (χ3n) is 3.41. The van der Waals surface area contributed by atoms with Crippen molar-refractivity contribution in [2.24, 2.45) is 5.92 Å². The highest BCUT2D eigenvalue weighted by Crippen LogP contribution is 2.13. The van der Waals surface area contributed by atoms with Crippen LogP contribution in [0.15, 0.2) is 24.3 Å². The lowest BCUT2D eigenvalue weighted by Gasteiger charge is -2.14. The largest absolute Gasteiger partial charge is 0.478 e. The van der Waals surface area contributed by atoms with Crippen LogP contribution in [0.1, 0.15) is 55.5 Å². The van der Waals surface area contributed by atoms with E-state index in [2.05, 4.69) is 12.2 Å². The molecule has 110 valence electrons. The normalized spacial score (nSPS) is 11.9. The lowest BCUT2D eigenvalue weighted by atomic mass is 9.98. The number of aromatic carboxylic acids is 1. The first-order valence-electron chi connectivity index (χ1n) is 7.18. The molecule has 4 heteroatoms. The molecule has 0 heterocycles. The van der Waals surface area contributed by atoms with Gasteiger partial charge in [-0.2, -0.15) is 0 Å². The van der Waals surface area contributed by atoms with E-state index in [1.54, 1.807) is 18.2 Å². The number of benzene rings is 1. The molecule has 1 aromatic carbocycles. The zero-order valence-electron chi connectivity index (χ0n) is 12.2. The molecular weight excluding hydrogens is 254 g/mol. The van der Waals surface area contributed by atoms with E-state index in [1.807, 2.05) is 13.0 Å². The number of carbonyl (C=O) groups is 2. The first-order chi connectivity index (χ1) is 9.58. The van der Waals surface area contributed by atoms with Crippen LogP contribution >= 0.6 is 0 Å². The molecule has 1 amide bonds. The maximum Gasteiger partial charge on any atom is 0.335 e. The Kier molecular flexibility index (Phi) is 6.77. The lowest BCUT2D eigenvalue weighted by Crippen LogP contribution is -2.30. The second-order valence-electron chi connectivity index (χ2n) is 4.97. The summed E-state index contributed by atoms with van der Waals surface area (Å²) in [6.07, 6.45) is 3.89. The molecule has 1 rings (SSSR count). The van der Waals surface area contributed by atoms with Crippen LogP contribution in [-0.4, -0.2) is 17.0 Å². The number of carbonyl (C=O) groups excluding carboxylic acids is 1. The van der Waals surface area contributed by atoms with Crippen molar-refractivity contribution in [3.8, 4) is 0 Å². The van der Waals surface area contributed by atoms with Gasteiger partial charge in [0, 0.05) is 12.5 Å². The fourth-order valence-electron chi connectivity index (χ4n) is 2.12. The second kappa shape index (κ2) is 8.35. The topological polar surface area (TPSA) is 66.4 Å². The third-order valence-corrected chi connectivity index (χ3v) is 3.41. The third kappa shape index (κ3) is 5.03. The minimum Gasteiger partial charge on any atom is -0.478 e. The highest BCUT2D eigenvalue weighted by atomic mass is 16.4. The zero-order valence-corrected chi connectivity index (χ0v) is 12.2. The average molecular weight is 277 g/mol. The van der Waals surface area contributed by atoms with Crippen LogP contribution in [0, 0.1) is 5.92 Å². The van der Waals surface area contributed by atoms with Crippen molar-refractivity contribution in [3.63, 3.8) is 0 Å². The van der Waals surface area contributed by atoms with Gasteiger partial charge < -0.3 is 10.4 Å². The quantitative estimate of drug-likeness (QED) is 0.766. The number of amides is 1. The summed E-state index contributed by atoms with van der Waals surface area (Å²) < 4.78 is 0. The van der Waals surface area contributed by atoms with Crippen molar-refractivity contribution in [1.29, 1.82) is 0 Å². The summed E-state index contributed by atoms with van der Waals surface area (Å²) >= 11 is 0. The molecule has 0 saturated heterocycles. The molecule has 0 fully saturated rings. The summed E-state index contributed by atoms with van der Waals surface area (Å²) in [7, 11) is 0. The number of nitrogens with one attached hydrogen (secondary N) is 1. The van der Waals surface area contributed by atoms with Crippen LogP contribution < -0.4 is 5.32 Å². The van der Waals surface area contributed by atoms with Gasteiger partial charge in [0.1, 0.15) is 0 Å². The molecule has 0 spiro atoms. The van der Waals surface area contributed by atoms with Crippen LogP contribution in [0.2, 0.25) is 0 Å². The predicted molar refractivity (Wildman–Crippen MR) is 78.6 cm³/mol. The second-order valence-corrected chi connectivity index (χ2v) is 4.97. The molecule has 2 N–H and O–H groups in total. The molecule has 0 aromatic heterocycles. The number of carboxylic acids is 1. The molecule has 0 radical (unpaired) electrons. The van der Waals surface area contributed by atoms with E-state index < -0.39 is 5.97 Å². The van der Waals surface area contributed by atoms with Gasteiger partial charge in [0.2, 0.25) is 5.91 Å². The van der Waals surface area contributed by atoms with Crippen LogP contribution in [0.5, 0.6) is 0 Å². The Morgan fingerprint density at radius 1 is 1.30 bits per heavy atom. The Bertz CT molecular complexity index is 457. The number of carboxylic acid groups (broad SMARTS) is 1. The highest BCUT2D eigenvalue weighted by Gasteiger charge is 2.15. The molecule has 0 aliphatic heterocycles. The van der Waals surface area contributed by atoms with Gasteiger partial charge in [-0.05, 0) is 30.5 Å². The van der Waals surface area contributed by atoms with Crippen molar-refractivity contribution in [2.75, 3.05) is 0 Å². The molecule has 1 atom stereocenters. The number of unbranched alkanes of at least 4 members (excludes halogenated alkanes) is 1. The molecule has 0 saturated carbocycles. The minimum atomic E-state index is -0.951. The van der Waals surface area contributed by atoms with E-state index in [9.17, 15) is 9.59 Å². The molecule has 0 bridgehead atoms. The number of hydrogen-bond donors (Lipinski definition) is 2. The monoisotopic (exact) mass is 277 g/mol. The van der Waals surface area contributed by atoms with E-state index in [-0.39, 0.29) is 17.4 Å². The van der Waals surface area contributed by atoms with E-state index >= 15 is 0 Å². The molecule has 20 heavy (non-hydrogen) atoms. The van der Waals surface area contributed by atoms with Crippen LogP contribution in [0.4, 0.5) is 0 Å². The molecule has 0 aliphatic carbocycles. The Morgan fingerprint density at radius 2 is 2.05 bits per heavy atom. The van der Waals surface area contributed by atoms with E-state index in [4.69, 9.17) is 5.11 Å². The number of rotatable bonds is 8. The average Bonchev–Trinajstić information content (AvgIpc) is 2.46. The molecule has 0 aliphatic rings. The van der Waals surface area contributed by atoms with E-state index in [0.717, 1.165) is 31.2 Å². The van der Waals surface area contributed by atoms with Crippen LogP contribution in [-0.2, 0) is 11.3 Å². The van der Waals surface area contributed by atoms with Gasteiger partial charge in [0.05, 0.1) is 5.56 Å². The Labute approximate surface area is 120 Å². The lowest BCUT2D eigenvalue weighted by molar-refractivity contribution is -0.125. The van der Waals surface area contributed by atoms with Crippen molar-refractivity contribution >= 4 is 11.9 Å². The van der Waals surface area contributed by atoms with Gasteiger partial charge in [-0.1, -0.05) is 38.8 Å². The van der Waals surface area contributed by atoms with Crippen molar-refractivity contribution in [1.82, 2.24) is 5.32 Å². The van der Waals surface area contributed by atoms with Gasteiger partial charge in [-0.15, -0.1) is 0 Å². The first kappa shape index (κ1) is 16.2. The SMILES string of the molecule is CCCCC(CC)C(=O)NCc1cccc(C(=O)O)c1. The van der Waals surface area contributed by atoms with E-state index in [0.29, 0.717) is 6.54 Å². The summed E-state index contributed by atoms with van der Waals surface area (Å²) in [4.78, 5) is 22.9. The Hall–Kier alpha value is -1.84. The highest BCUT2D eigenvalue weighted by molar-refractivity contribution is 5.87. The summed E-state index contributed by atoms with van der Waals surface area (Å²) in [6.45, 7) is 4.51. The Balaban J connectivity index is 2.55. The van der Waals surface area contributed by atoms with Gasteiger partial charge in [-0.3, -0.25) is 4.79 Å². The summed E-state index contributed by atoms with van der Waals surface area (Å²) in [5, 5.41) is 11.8. The fourth-order valence-corrected chi connectivity index (χ4v) is 2.12. The first-order valence-corrected chi connectivity index (χ1v) is 7.18. The fraction of sp³-hybridized carbons (Fsp3) is 0.500. The standard InChI is InChI=1S/C16H23NO3/c1-3-5-8-13(4-2)15(18)17-11-12-7-6-9-14(10-12)16(19)20/h6-7,9-10,13H,3-5,8,11H2,1-2H3,(H,17,18)(H,19,20). The minimum absolute atomic E-state index is 0.0533. The number of hydrogen-bond acceptors (Lipinski definition) is 2. The molecule has 1 aromatic rings. The maximum atomic E-state index is 12.0. The van der Waals surface area contributed by atoms with Crippen molar-refractivity contribution in [3.05, 3.63) is 35.4 Å². The predicted octanol–water partition coefficient (Wildman–Crippen LogP) is 3.22. The van der Waals surface area contributed by atoms with Gasteiger partial charge in [0.25, 0.3) is 0 Å². The Morgan fingerprint density at radius 3 is 2.65 bits per heavy atom. The molecular formula is C16H23NO3. The van der Waals surface area contributed by atoms with Crippen LogP contribution in [0.3, 0.4) is 0 Å².